The molecule has 0 aliphatic rings. The van der Waals surface area contributed by atoms with Crippen LogP contribution in [0.25, 0.3) is 0 Å². The van der Waals surface area contributed by atoms with Crippen molar-refractivity contribution in [3.8, 4) is 12.5 Å². The SMILES string of the molecule is C#CN(C(=O)C(CC(N)=O)NC(=O)OC(C)(C)C)C(C(=O)NCc1ccccc1)c1cc(C)cc(C)c1. The minimum atomic E-state index is -1.45. The van der Waals surface area contributed by atoms with E-state index in [-0.39, 0.29) is 6.54 Å². The average molecular weight is 507 g/mol. The number of rotatable bonds is 9. The van der Waals surface area contributed by atoms with Crippen LogP contribution >= 0.6 is 0 Å². The van der Waals surface area contributed by atoms with Gasteiger partial charge in [-0.2, -0.15) is 0 Å². The fourth-order valence-corrected chi connectivity index (χ4v) is 3.75. The van der Waals surface area contributed by atoms with Crippen LogP contribution in [0.2, 0.25) is 0 Å². The van der Waals surface area contributed by atoms with E-state index < -0.39 is 47.9 Å². The van der Waals surface area contributed by atoms with Crippen molar-refractivity contribution in [2.75, 3.05) is 0 Å². The maximum atomic E-state index is 13.6. The summed E-state index contributed by atoms with van der Waals surface area (Å²) in [6.07, 6.45) is 4.28. The molecule has 0 aliphatic heterocycles. The molecule has 0 aliphatic carbocycles. The molecule has 0 bridgehead atoms. The molecule has 0 aromatic heterocycles. The fraction of sp³-hybridized carbons (Fsp3) is 0.357. The Morgan fingerprint density at radius 2 is 1.65 bits per heavy atom. The van der Waals surface area contributed by atoms with Crippen LogP contribution in [0, 0.1) is 26.3 Å². The number of aryl methyl sites for hydroxylation is 2. The fourth-order valence-electron chi connectivity index (χ4n) is 3.75. The highest BCUT2D eigenvalue weighted by Crippen LogP contribution is 2.25. The number of ether oxygens (including phenoxy) is 1. The number of primary amides is 1. The molecule has 2 unspecified atom stereocenters. The smallest absolute Gasteiger partial charge is 0.408 e. The monoisotopic (exact) mass is 506 g/mol. The number of nitrogens with one attached hydrogen (secondary N) is 2. The Morgan fingerprint density at radius 3 is 2.16 bits per heavy atom. The van der Waals surface area contributed by atoms with Gasteiger partial charge >= 0.3 is 6.09 Å². The van der Waals surface area contributed by atoms with Gasteiger partial charge in [0.25, 0.3) is 5.91 Å². The molecule has 0 fully saturated rings. The molecular formula is C28H34N4O5. The van der Waals surface area contributed by atoms with E-state index in [0.29, 0.717) is 5.56 Å². The number of nitrogens with zero attached hydrogens (tertiary/aromatic N) is 1. The van der Waals surface area contributed by atoms with Gasteiger partial charge in [0.2, 0.25) is 11.8 Å². The average Bonchev–Trinajstić information content (AvgIpc) is 2.78. The lowest BCUT2D eigenvalue weighted by Gasteiger charge is -2.30. The normalized spacial score (nSPS) is 12.4. The highest BCUT2D eigenvalue weighted by Gasteiger charge is 2.36. The minimum absolute atomic E-state index is 0.203. The number of alkyl carbamates (subject to hydrolysis) is 1. The number of carbonyl (C=O) groups excluding carboxylic acids is 4. The Hall–Kier alpha value is -4.32. The minimum Gasteiger partial charge on any atom is -0.444 e. The molecule has 2 aromatic carbocycles. The van der Waals surface area contributed by atoms with Crippen LogP contribution < -0.4 is 16.4 Å². The molecule has 2 aromatic rings. The van der Waals surface area contributed by atoms with Crippen molar-refractivity contribution < 1.29 is 23.9 Å². The number of benzene rings is 2. The largest absolute Gasteiger partial charge is 0.444 e. The standard InChI is InChI=1S/C28H34N4O5/c1-7-32(26(35)22(16-23(29)33)31-27(36)37-28(4,5)6)24(21-14-18(2)13-19(3)15-21)25(34)30-17-20-11-9-8-10-12-20/h1,8-15,22,24H,16-17H2,2-6H3,(H2,29,33)(H,30,34)(H,31,36). The molecule has 0 saturated carbocycles. The number of hydrogen-bond acceptors (Lipinski definition) is 5. The van der Waals surface area contributed by atoms with Crippen LogP contribution in [0.15, 0.2) is 48.5 Å². The van der Waals surface area contributed by atoms with E-state index in [1.165, 1.54) is 0 Å². The van der Waals surface area contributed by atoms with E-state index in [4.69, 9.17) is 16.9 Å². The molecule has 2 rings (SSSR count). The van der Waals surface area contributed by atoms with Crippen molar-refractivity contribution in [2.45, 2.75) is 65.3 Å². The van der Waals surface area contributed by atoms with Crippen molar-refractivity contribution in [1.82, 2.24) is 15.5 Å². The Bertz CT molecular complexity index is 1160. The maximum Gasteiger partial charge on any atom is 0.408 e. The molecule has 37 heavy (non-hydrogen) atoms. The zero-order chi connectivity index (χ0) is 27.8. The summed E-state index contributed by atoms with van der Waals surface area (Å²) in [5, 5.41) is 5.19. The van der Waals surface area contributed by atoms with Crippen LogP contribution in [-0.4, -0.2) is 40.4 Å². The van der Waals surface area contributed by atoms with Gasteiger partial charge in [0.05, 0.1) is 6.42 Å². The summed E-state index contributed by atoms with van der Waals surface area (Å²) >= 11 is 0. The lowest BCUT2D eigenvalue weighted by atomic mass is 9.98. The highest BCUT2D eigenvalue weighted by atomic mass is 16.6. The van der Waals surface area contributed by atoms with Crippen molar-refractivity contribution >= 4 is 23.8 Å². The van der Waals surface area contributed by atoms with E-state index in [1.54, 1.807) is 32.9 Å². The first kappa shape index (κ1) is 28.9. The number of amides is 4. The quantitative estimate of drug-likeness (QED) is 0.356. The molecule has 2 atom stereocenters. The number of nitrogens with two attached hydrogens (primary N) is 1. The number of terminal acetylenes is 1. The topological polar surface area (TPSA) is 131 Å². The second kappa shape index (κ2) is 12.6. The predicted molar refractivity (Wildman–Crippen MR) is 140 cm³/mol. The van der Waals surface area contributed by atoms with Crippen LogP contribution in [-0.2, 0) is 25.7 Å². The Kier molecular flexibility index (Phi) is 9.83. The van der Waals surface area contributed by atoms with Crippen LogP contribution in [0.5, 0.6) is 0 Å². The first-order valence-corrected chi connectivity index (χ1v) is 11.8. The second-order valence-corrected chi connectivity index (χ2v) is 9.73. The maximum absolute atomic E-state index is 13.6. The third-order valence-electron chi connectivity index (χ3n) is 5.15. The lowest BCUT2D eigenvalue weighted by Crippen LogP contribution is -2.52. The third-order valence-corrected chi connectivity index (χ3v) is 5.15. The van der Waals surface area contributed by atoms with Crippen molar-refractivity contribution in [1.29, 1.82) is 0 Å². The molecule has 9 nitrogen and oxygen atoms in total. The van der Waals surface area contributed by atoms with Gasteiger partial charge in [-0.25, -0.2) is 4.79 Å². The van der Waals surface area contributed by atoms with E-state index >= 15 is 0 Å². The highest BCUT2D eigenvalue weighted by molar-refractivity contribution is 5.95. The molecular weight excluding hydrogens is 472 g/mol. The summed E-state index contributed by atoms with van der Waals surface area (Å²) in [5.41, 5.74) is 7.54. The van der Waals surface area contributed by atoms with E-state index in [0.717, 1.165) is 21.6 Å². The first-order chi connectivity index (χ1) is 17.3. The van der Waals surface area contributed by atoms with Gasteiger partial charge in [-0.05, 0) is 45.7 Å². The van der Waals surface area contributed by atoms with Crippen molar-refractivity contribution in [2.24, 2.45) is 5.73 Å². The van der Waals surface area contributed by atoms with Crippen LogP contribution in [0.3, 0.4) is 0 Å². The van der Waals surface area contributed by atoms with Gasteiger partial charge < -0.3 is 21.1 Å². The zero-order valence-electron chi connectivity index (χ0n) is 21.8. The van der Waals surface area contributed by atoms with Crippen LogP contribution in [0.4, 0.5) is 4.79 Å². The molecule has 0 heterocycles. The van der Waals surface area contributed by atoms with Gasteiger partial charge in [-0.3, -0.25) is 19.3 Å². The Morgan fingerprint density at radius 1 is 1.05 bits per heavy atom. The van der Waals surface area contributed by atoms with Crippen molar-refractivity contribution in [3.63, 3.8) is 0 Å². The first-order valence-electron chi connectivity index (χ1n) is 11.8. The molecule has 4 amide bonds. The molecule has 9 heteroatoms. The van der Waals surface area contributed by atoms with E-state index in [1.807, 2.05) is 50.2 Å². The summed E-state index contributed by atoms with van der Waals surface area (Å²) in [4.78, 5) is 52.1. The number of hydrogen-bond donors (Lipinski definition) is 3. The van der Waals surface area contributed by atoms with Gasteiger partial charge in [0, 0.05) is 12.6 Å². The summed E-state index contributed by atoms with van der Waals surface area (Å²) in [6.45, 7) is 8.87. The van der Waals surface area contributed by atoms with Gasteiger partial charge in [0.15, 0.2) is 0 Å². The summed E-state index contributed by atoms with van der Waals surface area (Å²) in [5.74, 6) is -2.23. The van der Waals surface area contributed by atoms with Gasteiger partial charge in [-0.15, -0.1) is 0 Å². The van der Waals surface area contributed by atoms with E-state index in [9.17, 15) is 19.2 Å². The second-order valence-electron chi connectivity index (χ2n) is 9.73. The van der Waals surface area contributed by atoms with Gasteiger partial charge in [0.1, 0.15) is 17.7 Å². The van der Waals surface area contributed by atoms with Crippen molar-refractivity contribution in [3.05, 3.63) is 70.8 Å². The molecule has 4 N–H and O–H groups in total. The molecule has 0 radical (unpaired) electrons. The van der Waals surface area contributed by atoms with Crippen LogP contribution in [0.1, 0.15) is 55.5 Å². The Labute approximate surface area is 217 Å². The lowest BCUT2D eigenvalue weighted by molar-refractivity contribution is -0.139. The van der Waals surface area contributed by atoms with E-state index in [2.05, 4.69) is 16.7 Å². The predicted octanol–water partition coefficient (Wildman–Crippen LogP) is 2.85. The summed E-state index contributed by atoms with van der Waals surface area (Å²) in [7, 11) is 0. The Balaban J connectivity index is 2.44. The summed E-state index contributed by atoms with van der Waals surface area (Å²) in [6, 6.07) is 14.3. The summed E-state index contributed by atoms with van der Waals surface area (Å²) < 4.78 is 5.22. The molecule has 196 valence electrons. The molecule has 0 spiro atoms. The van der Waals surface area contributed by atoms with Gasteiger partial charge in [-0.1, -0.05) is 66.1 Å². The zero-order valence-corrected chi connectivity index (χ0v) is 21.8. The third kappa shape index (κ3) is 9.00. The molecule has 0 saturated heterocycles. The number of carbonyl (C=O) groups is 4.